The van der Waals surface area contributed by atoms with Crippen molar-refractivity contribution in [3.63, 3.8) is 0 Å². The molecule has 0 saturated carbocycles. The maximum absolute atomic E-state index is 12.9. The van der Waals surface area contributed by atoms with Gasteiger partial charge in [0.1, 0.15) is 17.6 Å². The van der Waals surface area contributed by atoms with Crippen LogP contribution in [-0.4, -0.2) is 45.6 Å². The first kappa shape index (κ1) is 18.8. The van der Waals surface area contributed by atoms with E-state index in [1.165, 1.54) is 10.9 Å². The third kappa shape index (κ3) is 3.88. The molecule has 3 aromatic heterocycles. The van der Waals surface area contributed by atoms with Crippen molar-refractivity contribution in [1.82, 2.24) is 19.4 Å². The third-order valence-electron chi connectivity index (χ3n) is 4.65. The number of methoxy groups -OCH3 is 1. The summed E-state index contributed by atoms with van der Waals surface area (Å²) >= 11 is 0. The van der Waals surface area contributed by atoms with Gasteiger partial charge in [0.15, 0.2) is 0 Å². The number of hydrogen-bond donors (Lipinski definition) is 0. The number of carbonyl (C=O) groups is 1. The van der Waals surface area contributed by atoms with Gasteiger partial charge in [0.25, 0.3) is 5.56 Å². The van der Waals surface area contributed by atoms with Crippen LogP contribution in [0.3, 0.4) is 0 Å². The molecule has 0 aliphatic rings. The van der Waals surface area contributed by atoms with Gasteiger partial charge >= 0.3 is 0 Å². The highest BCUT2D eigenvalue weighted by Crippen LogP contribution is 2.24. The highest BCUT2D eigenvalue weighted by Gasteiger charge is 2.18. The van der Waals surface area contributed by atoms with Gasteiger partial charge in [0, 0.05) is 25.2 Å². The number of nitrogens with zero attached hydrogens (tertiary/aromatic N) is 4. The number of ether oxygens (including phenoxy) is 1. The number of fused-ring (bicyclic) bond motifs is 3. The first-order chi connectivity index (χ1) is 14.2. The molecule has 0 aliphatic carbocycles. The largest absolute Gasteiger partial charge is 0.448 e. The molecular weight excluding hydrogens is 372 g/mol. The summed E-state index contributed by atoms with van der Waals surface area (Å²) in [6.07, 6.45) is 3.07. The zero-order chi connectivity index (χ0) is 20.2. The molecule has 3 heterocycles. The number of furan rings is 1. The number of benzene rings is 1. The number of aromatic nitrogens is 3. The summed E-state index contributed by atoms with van der Waals surface area (Å²) in [6, 6.07) is 12.9. The Balaban J connectivity index is 1.61. The van der Waals surface area contributed by atoms with Gasteiger partial charge in [-0.15, -0.1) is 0 Å². The van der Waals surface area contributed by atoms with Gasteiger partial charge in [0.2, 0.25) is 11.5 Å². The van der Waals surface area contributed by atoms with Crippen molar-refractivity contribution in [2.75, 3.05) is 20.3 Å². The SMILES string of the molecule is COCCN(Cc1ccccn1)C(=O)Cn1cnc2c(oc3ccccc32)c1=O. The zero-order valence-corrected chi connectivity index (χ0v) is 15.9. The van der Waals surface area contributed by atoms with Crippen molar-refractivity contribution >= 4 is 28.0 Å². The molecule has 0 aliphatic heterocycles. The van der Waals surface area contributed by atoms with E-state index < -0.39 is 0 Å². The highest BCUT2D eigenvalue weighted by molar-refractivity contribution is 6.01. The molecule has 4 aromatic rings. The average molecular weight is 392 g/mol. The van der Waals surface area contributed by atoms with Crippen LogP contribution >= 0.6 is 0 Å². The molecule has 29 heavy (non-hydrogen) atoms. The molecule has 8 heteroatoms. The molecule has 0 unspecified atom stereocenters. The van der Waals surface area contributed by atoms with Gasteiger partial charge in [-0.3, -0.25) is 19.1 Å². The zero-order valence-electron chi connectivity index (χ0n) is 15.9. The molecular formula is C21H20N4O4. The monoisotopic (exact) mass is 392 g/mol. The lowest BCUT2D eigenvalue weighted by Crippen LogP contribution is -2.38. The molecule has 8 nitrogen and oxygen atoms in total. The van der Waals surface area contributed by atoms with E-state index in [9.17, 15) is 9.59 Å². The number of amides is 1. The van der Waals surface area contributed by atoms with Crippen LogP contribution in [0.25, 0.3) is 22.1 Å². The van der Waals surface area contributed by atoms with Gasteiger partial charge in [0.05, 0.1) is 25.2 Å². The van der Waals surface area contributed by atoms with Crippen molar-refractivity contribution < 1.29 is 13.9 Å². The van der Waals surface area contributed by atoms with Crippen LogP contribution in [-0.2, 0) is 22.6 Å². The Labute approximate surface area is 166 Å². The lowest BCUT2D eigenvalue weighted by molar-refractivity contribution is -0.133. The van der Waals surface area contributed by atoms with E-state index in [1.807, 2.05) is 36.4 Å². The number of rotatable bonds is 7. The fourth-order valence-corrected chi connectivity index (χ4v) is 3.15. The second-order valence-electron chi connectivity index (χ2n) is 6.58. The van der Waals surface area contributed by atoms with Crippen LogP contribution in [0.5, 0.6) is 0 Å². The van der Waals surface area contributed by atoms with Gasteiger partial charge in [-0.25, -0.2) is 4.98 Å². The van der Waals surface area contributed by atoms with Gasteiger partial charge in [-0.2, -0.15) is 0 Å². The van der Waals surface area contributed by atoms with E-state index >= 15 is 0 Å². The first-order valence-electron chi connectivity index (χ1n) is 9.20. The number of para-hydroxylation sites is 1. The Bertz CT molecular complexity index is 1200. The minimum absolute atomic E-state index is 0.143. The molecule has 4 rings (SSSR count). The molecule has 0 bridgehead atoms. The molecule has 0 fully saturated rings. The van der Waals surface area contributed by atoms with Crippen molar-refractivity contribution in [3.05, 3.63) is 71.0 Å². The minimum atomic E-state index is -0.385. The summed E-state index contributed by atoms with van der Waals surface area (Å²) in [5, 5.41) is 0.773. The Hall–Kier alpha value is -3.52. The topological polar surface area (TPSA) is 90.5 Å². The van der Waals surface area contributed by atoms with Gasteiger partial charge in [-0.05, 0) is 24.3 Å². The van der Waals surface area contributed by atoms with Crippen molar-refractivity contribution in [3.8, 4) is 0 Å². The molecule has 0 radical (unpaired) electrons. The first-order valence-corrected chi connectivity index (χ1v) is 9.20. The molecule has 1 aromatic carbocycles. The fourth-order valence-electron chi connectivity index (χ4n) is 3.15. The van der Waals surface area contributed by atoms with Crippen LogP contribution in [0.2, 0.25) is 0 Å². The molecule has 148 valence electrons. The average Bonchev–Trinajstić information content (AvgIpc) is 3.13. The second-order valence-corrected chi connectivity index (χ2v) is 6.58. The normalized spacial score (nSPS) is 11.2. The van der Waals surface area contributed by atoms with Gasteiger partial charge < -0.3 is 14.1 Å². The van der Waals surface area contributed by atoms with Crippen LogP contribution < -0.4 is 5.56 Å². The van der Waals surface area contributed by atoms with Crippen molar-refractivity contribution in [1.29, 1.82) is 0 Å². The summed E-state index contributed by atoms with van der Waals surface area (Å²) < 4.78 is 12.1. The summed E-state index contributed by atoms with van der Waals surface area (Å²) in [6.45, 7) is 0.961. The quantitative estimate of drug-likeness (QED) is 0.479. The Morgan fingerprint density at radius 3 is 2.79 bits per heavy atom. The smallest absolute Gasteiger partial charge is 0.297 e. The number of pyridine rings is 1. The minimum Gasteiger partial charge on any atom is -0.448 e. The second kappa shape index (κ2) is 8.24. The standard InChI is InChI=1S/C21H20N4O4/c1-28-11-10-24(12-15-6-4-5-9-22-15)18(26)13-25-14-23-19-16-7-2-3-8-17(16)29-20(19)21(25)27/h2-9,14H,10-13H2,1H3. The lowest BCUT2D eigenvalue weighted by Gasteiger charge is -2.22. The van der Waals surface area contributed by atoms with E-state index in [4.69, 9.17) is 9.15 Å². The Morgan fingerprint density at radius 2 is 2.00 bits per heavy atom. The number of hydrogen-bond acceptors (Lipinski definition) is 6. The molecule has 0 spiro atoms. The van der Waals surface area contributed by atoms with Crippen LogP contribution in [0.4, 0.5) is 0 Å². The summed E-state index contributed by atoms with van der Waals surface area (Å²) in [7, 11) is 1.58. The van der Waals surface area contributed by atoms with E-state index in [0.29, 0.717) is 30.8 Å². The third-order valence-corrected chi connectivity index (χ3v) is 4.65. The highest BCUT2D eigenvalue weighted by atomic mass is 16.5. The maximum Gasteiger partial charge on any atom is 0.297 e. The molecule has 0 atom stereocenters. The van der Waals surface area contributed by atoms with Crippen LogP contribution in [0.1, 0.15) is 5.69 Å². The molecule has 0 saturated heterocycles. The summed E-state index contributed by atoms with van der Waals surface area (Å²) in [5.74, 6) is -0.230. The van der Waals surface area contributed by atoms with Crippen LogP contribution in [0.15, 0.2) is 64.2 Å². The van der Waals surface area contributed by atoms with E-state index in [0.717, 1.165) is 11.1 Å². The van der Waals surface area contributed by atoms with E-state index in [1.54, 1.807) is 24.3 Å². The van der Waals surface area contributed by atoms with Gasteiger partial charge in [-0.1, -0.05) is 18.2 Å². The summed E-state index contributed by atoms with van der Waals surface area (Å²) in [5.41, 5.74) is 1.61. The molecule has 1 amide bonds. The van der Waals surface area contributed by atoms with Crippen LogP contribution in [0, 0.1) is 0 Å². The predicted molar refractivity (Wildman–Crippen MR) is 107 cm³/mol. The lowest BCUT2D eigenvalue weighted by atomic mass is 10.2. The van der Waals surface area contributed by atoms with E-state index in [-0.39, 0.29) is 23.6 Å². The fraction of sp³-hybridized carbons (Fsp3) is 0.238. The van der Waals surface area contributed by atoms with Crippen molar-refractivity contribution in [2.24, 2.45) is 0 Å². The molecule has 0 N–H and O–H groups in total. The summed E-state index contributed by atoms with van der Waals surface area (Å²) in [4.78, 5) is 36.0. The number of carbonyl (C=O) groups excluding carboxylic acids is 1. The Morgan fingerprint density at radius 1 is 1.17 bits per heavy atom. The maximum atomic E-state index is 12.9. The predicted octanol–water partition coefficient (Wildman–Crippen LogP) is 2.21. The van der Waals surface area contributed by atoms with Crippen molar-refractivity contribution in [2.45, 2.75) is 13.1 Å². The van der Waals surface area contributed by atoms with E-state index in [2.05, 4.69) is 9.97 Å². The Kier molecular flexibility index (Phi) is 5.35.